The highest BCUT2D eigenvalue weighted by Crippen LogP contribution is 2.22. The molecule has 19 heavy (non-hydrogen) atoms. The van der Waals surface area contributed by atoms with Gasteiger partial charge in [0.25, 0.3) is 0 Å². The van der Waals surface area contributed by atoms with Gasteiger partial charge in [-0.3, -0.25) is 0 Å². The van der Waals surface area contributed by atoms with Gasteiger partial charge in [-0.05, 0) is 30.3 Å². The topological polar surface area (TPSA) is 57.7 Å². The Hall–Kier alpha value is -2.40. The van der Waals surface area contributed by atoms with E-state index in [9.17, 15) is 4.79 Å². The van der Waals surface area contributed by atoms with Gasteiger partial charge in [0.05, 0.1) is 0 Å². The largest absolute Gasteiger partial charge is 0.439 e. The van der Waals surface area contributed by atoms with Crippen LogP contribution in [0.3, 0.4) is 0 Å². The molecule has 0 atom stereocenters. The van der Waals surface area contributed by atoms with Crippen molar-refractivity contribution in [3.05, 3.63) is 48.7 Å². The van der Waals surface area contributed by atoms with Crippen LogP contribution in [0.1, 0.15) is 0 Å². The molecule has 0 aliphatic heterocycles. The first-order valence-corrected chi connectivity index (χ1v) is 5.66. The van der Waals surface area contributed by atoms with E-state index in [-0.39, 0.29) is 6.61 Å². The lowest BCUT2D eigenvalue weighted by Gasteiger charge is -2.06. The third-order valence-electron chi connectivity index (χ3n) is 2.18. The highest BCUT2D eigenvalue weighted by atomic mass is 16.6. The van der Waals surface area contributed by atoms with Crippen LogP contribution in [-0.4, -0.2) is 24.7 Å². The van der Waals surface area contributed by atoms with Gasteiger partial charge in [0.15, 0.2) is 0 Å². The summed E-state index contributed by atoms with van der Waals surface area (Å²) in [6.07, 6.45) is 1.65. The summed E-state index contributed by atoms with van der Waals surface area (Å²) in [5.74, 6) is 1.12. The number of hydrogen-bond acceptors (Lipinski definition) is 5. The number of benzene rings is 1. The van der Waals surface area contributed by atoms with Crippen LogP contribution in [0.4, 0.5) is 0 Å². The lowest BCUT2D eigenvalue weighted by atomic mass is 10.3. The van der Waals surface area contributed by atoms with Crippen LogP contribution in [0.25, 0.3) is 0 Å². The number of aromatic nitrogens is 1. The fourth-order valence-electron chi connectivity index (χ4n) is 1.38. The predicted octanol–water partition coefficient (Wildman–Crippen LogP) is 2.43. The van der Waals surface area contributed by atoms with E-state index in [0.29, 0.717) is 17.4 Å². The average molecular weight is 259 g/mol. The van der Waals surface area contributed by atoms with E-state index >= 15 is 0 Å². The van der Waals surface area contributed by atoms with Crippen molar-refractivity contribution in [2.45, 2.75) is 0 Å². The highest BCUT2D eigenvalue weighted by molar-refractivity contribution is 5.73. The van der Waals surface area contributed by atoms with Crippen molar-refractivity contribution >= 4 is 5.97 Å². The van der Waals surface area contributed by atoms with E-state index in [2.05, 4.69) is 9.72 Å². The number of nitrogens with zero attached hydrogens (tertiary/aromatic N) is 1. The Kier molecular flexibility index (Phi) is 4.47. The molecule has 5 nitrogen and oxygen atoms in total. The normalized spacial score (nSPS) is 9.95. The summed E-state index contributed by atoms with van der Waals surface area (Å²) in [5.41, 5.74) is 0. The van der Waals surface area contributed by atoms with E-state index < -0.39 is 5.97 Å². The molecule has 0 unspecified atom stereocenters. The molecule has 2 aromatic rings. The van der Waals surface area contributed by atoms with Gasteiger partial charge in [0.1, 0.15) is 18.1 Å². The Labute approximate surface area is 110 Å². The molecule has 0 aliphatic rings. The second kappa shape index (κ2) is 6.51. The first-order valence-electron chi connectivity index (χ1n) is 5.66. The lowest BCUT2D eigenvalue weighted by Crippen LogP contribution is -2.13. The summed E-state index contributed by atoms with van der Waals surface area (Å²) in [7, 11) is 1.44. The van der Waals surface area contributed by atoms with Gasteiger partial charge < -0.3 is 14.2 Å². The monoisotopic (exact) mass is 259 g/mol. The molecular formula is C14H13NO4. The minimum Gasteiger partial charge on any atom is -0.439 e. The van der Waals surface area contributed by atoms with Gasteiger partial charge >= 0.3 is 5.97 Å². The molecule has 0 saturated carbocycles. The van der Waals surface area contributed by atoms with Crippen LogP contribution in [0, 0.1) is 0 Å². The Balaban J connectivity index is 1.97. The minimum absolute atomic E-state index is 0.0772. The van der Waals surface area contributed by atoms with Crippen LogP contribution in [0.2, 0.25) is 0 Å². The summed E-state index contributed by atoms with van der Waals surface area (Å²) < 4.78 is 15.2. The number of pyridine rings is 1. The van der Waals surface area contributed by atoms with Crippen molar-refractivity contribution in [3.63, 3.8) is 0 Å². The third-order valence-corrected chi connectivity index (χ3v) is 2.18. The number of carbonyl (C=O) groups excluding carboxylic acids is 1. The quantitative estimate of drug-likeness (QED) is 0.609. The third kappa shape index (κ3) is 4.08. The van der Waals surface area contributed by atoms with Crippen molar-refractivity contribution in [2.75, 3.05) is 13.7 Å². The molecule has 0 amide bonds. The van der Waals surface area contributed by atoms with Crippen LogP contribution in [0.15, 0.2) is 48.7 Å². The molecule has 0 saturated heterocycles. The molecule has 98 valence electrons. The molecule has 2 rings (SSSR count). The molecule has 0 radical (unpaired) electrons. The van der Waals surface area contributed by atoms with E-state index in [0.717, 1.165) is 0 Å². The Morgan fingerprint density at radius 3 is 2.47 bits per heavy atom. The zero-order valence-corrected chi connectivity index (χ0v) is 10.4. The molecule has 1 aromatic carbocycles. The smallest absolute Gasteiger partial charge is 0.337 e. The number of esters is 1. The van der Waals surface area contributed by atoms with Gasteiger partial charge in [-0.15, -0.1) is 0 Å². The molecular weight excluding hydrogens is 246 g/mol. The molecule has 0 aliphatic carbocycles. The van der Waals surface area contributed by atoms with Crippen LogP contribution in [-0.2, 0) is 9.53 Å². The highest BCUT2D eigenvalue weighted by Gasteiger charge is 2.04. The van der Waals surface area contributed by atoms with Gasteiger partial charge in [-0.1, -0.05) is 6.07 Å². The van der Waals surface area contributed by atoms with E-state index in [1.54, 1.807) is 36.5 Å². The van der Waals surface area contributed by atoms with Crippen LogP contribution < -0.4 is 9.47 Å². The van der Waals surface area contributed by atoms with Crippen molar-refractivity contribution in [1.82, 2.24) is 4.98 Å². The average Bonchev–Trinajstić information content (AvgIpc) is 2.42. The van der Waals surface area contributed by atoms with Crippen molar-refractivity contribution in [1.29, 1.82) is 0 Å². The number of hydrogen-bond donors (Lipinski definition) is 0. The summed E-state index contributed by atoms with van der Waals surface area (Å²) in [6, 6.07) is 12.1. The van der Waals surface area contributed by atoms with Crippen LogP contribution >= 0.6 is 0 Å². The van der Waals surface area contributed by atoms with Gasteiger partial charge in [0, 0.05) is 19.4 Å². The first kappa shape index (κ1) is 13.0. The van der Waals surface area contributed by atoms with Gasteiger partial charge in [0.2, 0.25) is 5.88 Å². The maximum absolute atomic E-state index is 11.2. The number of ether oxygens (including phenoxy) is 3. The molecule has 0 spiro atoms. The summed E-state index contributed by atoms with van der Waals surface area (Å²) in [5, 5.41) is 0. The predicted molar refractivity (Wildman–Crippen MR) is 68.3 cm³/mol. The minimum atomic E-state index is -0.444. The Bertz CT molecular complexity index is 525. The molecule has 0 bridgehead atoms. The summed E-state index contributed by atoms with van der Waals surface area (Å²) in [6.45, 7) is -0.0772. The fraction of sp³-hybridized carbons (Fsp3) is 0.143. The standard InChI is InChI=1S/C14H13NO4/c1-17-10-14(16)19-12-7-5-11(6-8-12)18-13-4-2-3-9-15-13/h2-9H,10H2,1H3. The number of rotatable bonds is 5. The van der Waals surface area contributed by atoms with E-state index in [1.807, 2.05) is 12.1 Å². The SMILES string of the molecule is COCC(=O)Oc1ccc(Oc2ccccn2)cc1. The summed E-state index contributed by atoms with van der Waals surface area (Å²) >= 11 is 0. The Morgan fingerprint density at radius 1 is 1.11 bits per heavy atom. The zero-order chi connectivity index (χ0) is 13.5. The van der Waals surface area contributed by atoms with E-state index in [4.69, 9.17) is 9.47 Å². The molecule has 1 aromatic heterocycles. The maximum atomic E-state index is 11.2. The molecule has 0 fully saturated rings. The van der Waals surface area contributed by atoms with Crippen molar-refractivity contribution < 1.29 is 19.0 Å². The second-order valence-corrected chi connectivity index (χ2v) is 3.65. The lowest BCUT2D eigenvalue weighted by molar-refractivity contribution is -0.138. The maximum Gasteiger partial charge on any atom is 0.337 e. The molecule has 5 heteroatoms. The van der Waals surface area contributed by atoms with Gasteiger partial charge in [-0.25, -0.2) is 9.78 Å². The molecule has 0 N–H and O–H groups in total. The number of carbonyl (C=O) groups is 1. The first-order chi connectivity index (χ1) is 9.28. The molecule has 1 heterocycles. The fourth-order valence-corrected chi connectivity index (χ4v) is 1.38. The number of methoxy groups -OCH3 is 1. The summed E-state index contributed by atoms with van der Waals surface area (Å²) in [4.78, 5) is 15.2. The van der Waals surface area contributed by atoms with Crippen molar-refractivity contribution in [2.24, 2.45) is 0 Å². The van der Waals surface area contributed by atoms with E-state index in [1.165, 1.54) is 7.11 Å². The zero-order valence-electron chi connectivity index (χ0n) is 10.4. The van der Waals surface area contributed by atoms with Gasteiger partial charge in [-0.2, -0.15) is 0 Å². The second-order valence-electron chi connectivity index (χ2n) is 3.65. The van der Waals surface area contributed by atoms with Crippen LogP contribution in [0.5, 0.6) is 17.4 Å². The Morgan fingerprint density at radius 2 is 1.84 bits per heavy atom. The van der Waals surface area contributed by atoms with Crippen molar-refractivity contribution in [3.8, 4) is 17.4 Å².